The van der Waals surface area contributed by atoms with Gasteiger partial charge in [0.2, 0.25) is 0 Å². The number of halogens is 1. The zero-order chi connectivity index (χ0) is 22.5. The van der Waals surface area contributed by atoms with E-state index in [2.05, 4.69) is 29.2 Å². The van der Waals surface area contributed by atoms with Crippen LogP contribution in [0.5, 0.6) is 5.75 Å². The molecule has 0 amide bonds. The van der Waals surface area contributed by atoms with Gasteiger partial charge in [-0.15, -0.1) is 0 Å². The van der Waals surface area contributed by atoms with Crippen LogP contribution in [-0.4, -0.2) is 52.2 Å². The van der Waals surface area contributed by atoms with E-state index in [0.717, 1.165) is 23.0 Å². The number of aliphatic hydroxyl groups is 1. The van der Waals surface area contributed by atoms with Crippen LogP contribution < -0.4 is 15.8 Å². The zero-order valence-corrected chi connectivity index (χ0v) is 18.5. The van der Waals surface area contributed by atoms with Crippen molar-refractivity contribution in [1.29, 1.82) is 5.41 Å². The number of nitrogens with zero attached hydrogens (tertiary/aromatic N) is 3. The Bertz CT molecular complexity index is 1110. The van der Waals surface area contributed by atoms with Gasteiger partial charge in [0.15, 0.2) is 5.65 Å². The second kappa shape index (κ2) is 9.91. The lowest BCUT2D eigenvalue weighted by atomic mass is 10.1. The quantitative estimate of drug-likeness (QED) is 0.378. The Kier molecular flexibility index (Phi) is 7.27. The van der Waals surface area contributed by atoms with E-state index < -0.39 is 6.10 Å². The molecule has 1 unspecified atom stereocenters. The number of nitrogens with one attached hydrogen (secondary N) is 2. The van der Waals surface area contributed by atoms with Crippen molar-refractivity contribution < 1.29 is 9.84 Å². The van der Waals surface area contributed by atoms with Gasteiger partial charge >= 0.3 is 0 Å². The molecule has 5 N–H and O–H groups in total. The number of aliphatic hydroxyl groups excluding tert-OH is 1. The van der Waals surface area contributed by atoms with Crippen molar-refractivity contribution in [3.05, 3.63) is 52.8 Å². The van der Waals surface area contributed by atoms with E-state index >= 15 is 0 Å². The van der Waals surface area contributed by atoms with Crippen molar-refractivity contribution in [2.24, 2.45) is 5.73 Å². The second-order valence-electron chi connectivity index (χ2n) is 7.50. The molecule has 1 aromatic carbocycles. The maximum Gasteiger partial charge on any atom is 0.159 e. The van der Waals surface area contributed by atoms with Crippen molar-refractivity contribution in [1.82, 2.24) is 19.9 Å². The lowest BCUT2D eigenvalue weighted by molar-refractivity contribution is 0.108. The summed E-state index contributed by atoms with van der Waals surface area (Å²) in [7, 11) is 1.77. The Labute approximate surface area is 186 Å². The van der Waals surface area contributed by atoms with E-state index in [-0.39, 0.29) is 12.5 Å². The number of fused-ring (bicyclic) bond motifs is 1. The Morgan fingerprint density at radius 3 is 2.81 bits per heavy atom. The van der Waals surface area contributed by atoms with E-state index in [1.807, 2.05) is 18.2 Å². The van der Waals surface area contributed by atoms with Crippen LogP contribution in [0.2, 0.25) is 5.02 Å². The van der Waals surface area contributed by atoms with E-state index in [1.165, 1.54) is 6.08 Å². The number of benzene rings is 1. The summed E-state index contributed by atoms with van der Waals surface area (Å²) < 4.78 is 7.50. The fraction of sp³-hybridized carbons (Fsp3) is 0.318. The molecule has 0 saturated heterocycles. The predicted molar refractivity (Wildman–Crippen MR) is 124 cm³/mol. The first-order valence-corrected chi connectivity index (χ1v) is 10.3. The minimum Gasteiger partial charge on any atom is -0.491 e. The molecule has 0 saturated carbocycles. The Hall–Kier alpha value is -2.94. The standard InChI is InChI=1S/C22H27ClN6O2/c1-13(2)18-11-27-29-21(9-20(28-22(18)29)19(25)4-5-24)14-6-15(23)8-17(7-14)31-12-16(30)10-26-3/h4-9,11,13,16,24,26,30H,10,12,25H2,1-3H3. The molecular formula is C22H27ClN6O2. The summed E-state index contributed by atoms with van der Waals surface area (Å²) in [6.45, 7) is 4.70. The number of hydrogen-bond donors (Lipinski definition) is 4. The summed E-state index contributed by atoms with van der Waals surface area (Å²) >= 11 is 6.37. The average molecular weight is 443 g/mol. The van der Waals surface area contributed by atoms with Crippen molar-refractivity contribution in [3.8, 4) is 17.0 Å². The molecule has 0 aliphatic rings. The van der Waals surface area contributed by atoms with Gasteiger partial charge in [0, 0.05) is 28.9 Å². The first kappa shape index (κ1) is 22.7. The van der Waals surface area contributed by atoms with Crippen LogP contribution in [0.15, 0.2) is 36.5 Å². The van der Waals surface area contributed by atoms with Gasteiger partial charge in [-0.1, -0.05) is 25.4 Å². The first-order chi connectivity index (χ1) is 14.8. The molecule has 1 atom stereocenters. The van der Waals surface area contributed by atoms with Crippen LogP contribution in [0.3, 0.4) is 0 Å². The molecule has 0 aliphatic heterocycles. The van der Waals surface area contributed by atoms with E-state index in [4.69, 9.17) is 27.5 Å². The number of nitrogens with two attached hydrogens (primary N) is 1. The molecule has 3 rings (SSSR count). The van der Waals surface area contributed by atoms with Gasteiger partial charge in [0.05, 0.1) is 23.3 Å². The largest absolute Gasteiger partial charge is 0.491 e. The predicted octanol–water partition coefficient (Wildman–Crippen LogP) is 3.08. The minimum atomic E-state index is -0.641. The SMILES string of the molecule is CNCC(O)COc1cc(Cl)cc(-c2cc(C(N)=CC=N)nc3c(C(C)C)cnn23)c1. The van der Waals surface area contributed by atoms with Gasteiger partial charge in [-0.2, -0.15) is 5.10 Å². The number of allylic oxidation sites excluding steroid dienone is 1. The number of rotatable bonds is 9. The summed E-state index contributed by atoms with van der Waals surface area (Å²) in [5, 5.41) is 25.2. The highest BCUT2D eigenvalue weighted by molar-refractivity contribution is 6.31. The number of likely N-dealkylation sites (N-methyl/N-ethyl adjacent to an activating group) is 1. The Morgan fingerprint density at radius 2 is 2.13 bits per heavy atom. The fourth-order valence-corrected chi connectivity index (χ4v) is 3.42. The average Bonchev–Trinajstić information content (AvgIpc) is 3.16. The lowest BCUT2D eigenvalue weighted by Gasteiger charge is -2.14. The molecule has 0 fully saturated rings. The molecule has 3 aromatic rings. The third-order valence-electron chi connectivity index (χ3n) is 4.73. The van der Waals surface area contributed by atoms with Crippen molar-refractivity contribution >= 4 is 29.2 Å². The van der Waals surface area contributed by atoms with Crippen LogP contribution in [-0.2, 0) is 0 Å². The highest BCUT2D eigenvalue weighted by Crippen LogP contribution is 2.31. The topological polar surface area (TPSA) is 122 Å². The molecule has 9 heteroatoms. The fourth-order valence-electron chi connectivity index (χ4n) is 3.20. The molecule has 8 nitrogen and oxygen atoms in total. The van der Waals surface area contributed by atoms with Crippen molar-refractivity contribution in [3.63, 3.8) is 0 Å². The Balaban J connectivity index is 2.13. The molecule has 2 heterocycles. The number of aromatic nitrogens is 3. The van der Waals surface area contributed by atoms with Crippen molar-refractivity contribution in [2.75, 3.05) is 20.2 Å². The molecule has 0 spiro atoms. The maximum absolute atomic E-state index is 9.93. The molecular weight excluding hydrogens is 416 g/mol. The lowest BCUT2D eigenvalue weighted by Crippen LogP contribution is -2.29. The molecule has 0 bridgehead atoms. The first-order valence-electron chi connectivity index (χ1n) is 9.95. The monoisotopic (exact) mass is 442 g/mol. The molecule has 0 radical (unpaired) electrons. The second-order valence-corrected chi connectivity index (χ2v) is 7.94. The molecule has 164 valence electrons. The summed E-state index contributed by atoms with van der Waals surface area (Å²) in [4.78, 5) is 4.69. The van der Waals surface area contributed by atoms with Gasteiger partial charge in [0.25, 0.3) is 0 Å². The molecule has 31 heavy (non-hydrogen) atoms. The van der Waals surface area contributed by atoms with Crippen molar-refractivity contribution in [2.45, 2.75) is 25.9 Å². The van der Waals surface area contributed by atoms with Gasteiger partial charge < -0.3 is 26.3 Å². The maximum atomic E-state index is 9.93. The summed E-state index contributed by atoms with van der Waals surface area (Å²) in [5.74, 6) is 0.747. The third-order valence-corrected chi connectivity index (χ3v) is 4.95. The summed E-state index contributed by atoms with van der Waals surface area (Å²) in [6.07, 6.45) is 3.77. The van der Waals surface area contributed by atoms with Gasteiger partial charge in [-0.3, -0.25) is 0 Å². The summed E-state index contributed by atoms with van der Waals surface area (Å²) in [6, 6.07) is 7.15. The molecule has 2 aromatic heterocycles. The van der Waals surface area contributed by atoms with E-state index in [0.29, 0.717) is 34.4 Å². The van der Waals surface area contributed by atoms with E-state index in [9.17, 15) is 5.11 Å². The smallest absolute Gasteiger partial charge is 0.159 e. The highest BCUT2D eigenvalue weighted by atomic mass is 35.5. The third kappa shape index (κ3) is 5.22. The van der Waals surface area contributed by atoms with Crippen LogP contribution in [0, 0.1) is 5.41 Å². The van der Waals surface area contributed by atoms with Crippen LogP contribution in [0.25, 0.3) is 22.6 Å². The summed E-state index contributed by atoms with van der Waals surface area (Å²) in [5.41, 5.74) is 10.2. The van der Waals surface area contributed by atoms with Gasteiger partial charge in [-0.25, -0.2) is 9.50 Å². The molecule has 0 aliphatic carbocycles. The number of ether oxygens (including phenoxy) is 1. The zero-order valence-electron chi connectivity index (χ0n) is 17.8. The highest BCUT2D eigenvalue weighted by Gasteiger charge is 2.17. The van der Waals surface area contributed by atoms with Crippen LogP contribution in [0.4, 0.5) is 0 Å². The van der Waals surface area contributed by atoms with Crippen LogP contribution >= 0.6 is 11.6 Å². The number of hydrogen-bond acceptors (Lipinski definition) is 7. The normalized spacial score (nSPS) is 13.0. The van der Waals surface area contributed by atoms with Crippen LogP contribution in [0.1, 0.15) is 31.0 Å². The van der Waals surface area contributed by atoms with Gasteiger partial charge in [0.1, 0.15) is 18.5 Å². The Morgan fingerprint density at radius 1 is 1.35 bits per heavy atom. The van der Waals surface area contributed by atoms with E-state index in [1.54, 1.807) is 23.8 Å². The van der Waals surface area contributed by atoms with Gasteiger partial charge in [-0.05, 0) is 43.3 Å². The minimum absolute atomic E-state index is 0.131.